The lowest BCUT2D eigenvalue weighted by Gasteiger charge is -2.14. The van der Waals surface area contributed by atoms with E-state index in [9.17, 15) is 18.0 Å². The maximum Gasteiger partial charge on any atom is 0.416 e. The minimum atomic E-state index is -4.53. The number of nitrogens with two attached hydrogens (primary N) is 1. The van der Waals surface area contributed by atoms with Crippen LogP contribution in [0.2, 0.25) is 0 Å². The van der Waals surface area contributed by atoms with Gasteiger partial charge in [0.25, 0.3) is 0 Å². The molecule has 3 aromatic carbocycles. The van der Waals surface area contributed by atoms with Crippen LogP contribution in [-0.4, -0.2) is 30.4 Å². The molecule has 0 aliphatic carbocycles. The standard InChI is InChI=1S/C28H28F3N3O2/c1-17-20(5-4-6-24(17)21-9-11-23(16-33-3)26(32)14-21)8-10-22-13-19(15-34-18(2)27(35)36)7-12-25(22)28(29,30)31/h4-14,16,18,34H,15,32H2,1-3H3,(H,35,36)/b10-8+,33-16?. The van der Waals surface area contributed by atoms with Crippen molar-refractivity contribution >= 4 is 30.0 Å². The molecule has 0 aromatic heterocycles. The van der Waals surface area contributed by atoms with Crippen molar-refractivity contribution in [1.82, 2.24) is 5.32 Å². The summed E-state index contributed by atoms with van der Waals surface area (Å²) >= 11 is 0. The Morgan fingerprint density at radius 1 is 1.08 bits per heavy atom. The third-order valence-corrected chi connectivity index (χ3v) is 5.89. The minimum Gasteiger partial charge on any atom is -0.480 e. The average molecular weight is 496 g/mol. The third-order valence-electron chi connectivity index (χ3n) is 5.89. The van der Waals surface area contributed by atoms with Gasteiger partial charge in [0, 0.05) is 31.1 Å². The van der Waals surface area contributed by atoms with Crippen LogP contribution < -0.4 is 11.1 Å². The zero-order chi connectivity index (χ0) is 26.5. The maximum absolute atomic E-state index is 13.7. The molecule has 5 nitrogen and oxygen atoms in total. The highest BCUT2D eigenvalue weighted by molar-refractivity contribution is 5.89. The summed E-state index contributed by atoms with van der Waals surface area (Å²) < 4.78 is 41.0. The van der Waals surface area contributed by atoms with E-state index in [0.717, 1.165) is 33.9 Å². The minimum absolute atomic E-state index is 0.00188. The van der Waals surface area contributed by atoms with Crippen molar-refractivity contribution in [3.05, 3.63) is 88.0 Å². The smallest absolute Gasteiger partial charge is 0.416 e. The zero-order valence-corrected chi connectivity index (χ0v) is 20.2. The molecule has 3 aromatic rings. The van der Waals surface area contributed by atoms with Gasteiger partial charge >= 0.3 is 12.1 Å². The molecule has 8 heteroatoms. The van der Waals surface area contributed by atoms with Gasteiger partial charge in [-0.05, 0) is 65.4 Å². The second-order valence-corrected chi connectivity index (χ2v) is 8.44. The molecule has 0 aliphatic heterocycles. The number of alkyl halides is 3. The van der Waals surface area contributed by atoms with Gasteiger partial charge in [-0.15, -0.1) is 0 Å². The average Bonchev–Trinajstić information content (AvgIpc) is 2.82. The summed E-state index contributed by atoms with van der Waals surface area (Å²) in [6.45, 7) is 3.51. The van der Waals surface area contributed by atoms with E-state index in [2.05, 4.69) is 10.3 Å². The van der Waals surface area contributed by atoms with Crippen LogP contribution >= 0.6 is 0 Å². The second-order valence-electron chi connectivity index (χ2n) is 8.44. The Morgan fingerprint density at radius 2 is 1.81 bits per heavy atom. The molecule has 0 spiro atoms. The molecule has 0 aliphatic rings. The SMILES string of the molecule is CN=Cc1ccc(-c2cccc(/C=C/c3cc(CNC(C)C(=O)O)ccc3C(F)(F)F)c2C)cc1N. The zero-order valence-electron chi connectivity index (χ0n) is 20.2. The molecule has 0 amide bonds. The summed E-state index contributed by atoms with van der Waals surface area (Å²) in [6, 6.07) is 14.3. The summed E-state index contributed by atoms with van der Waals surface area (Å²) in [6.07, 6.45) is 0.240. The highest BCUT2D eigenvalue weighted by Crippen LogP contribution is 2.34. The Labute approximate surface area is 208 Å². The summed E-state index contributed by atoms with van der Waals surface area (Å²) in [5.41, 5.74) is 10.8. The summed E-state index contributed by atoms with van der Waals surface area (Å²) in [7, 11) is 1.67. The Kier molecular flexibility index (Phi) is 8.32. The number of anilines is 1. The number of benzene rings is 3. The first-order chi connectivity index (χ1) is 17.0. The van der Waals surface area contributed by atoms with Crippen LogP contribution in [0.15, 0.2) is 59.6 Å². The van der Waals surface area contributed by atoms with E-state index in [1.807, 2.05) is 43.3 Å². The summed E-state index contributed by atoms with van der Waals surface area (Å²) in [5.74, 6) is -1.03. The van der Waals surface area contributed by atoms with Crippen molar-refractivity contribution in [2.45, 2.75) is 32.6 Å². The molecule has 0 saturated carbocycles. The normalized spacial score (nSPS) is 12.9. The number of carboxylic acid groups (broad SMARTS) is 1. The van der Waals surface area contributed by atoms with E-state index in [1.165, 1.54) is 25.1 Å². The van der Waals surface area contributed by atoms with Crippen molar-refractivity contribution in [1.29, 1.82) is 0 Å². The predicted octanol–water partition coefficient (Wildman–Crippen LogP) is 6.04. The molecule has 0 fully saturated rings. The highest BCUT2D eigenvalue weighted by atomic mass is 19.4. The number of aliphatic carboxylic acids is 1. The summed E-state index contributed by atoms with van der Waals surface area (Å²) in [4.78, 5) is 15.0. The van der Waals surface area contributed by atoms with Crippen LogP contribution in [0.1, 0.15) is 40.3 Å². The van der Waals surface area contributed by atoms with Gasteiger partial charge in [-0.2, -0.15) is 13.2 Å². The van der Waals surface area contributed by atoms with E-state index < -0.39 is 23.8 Å². The molecule has 1 atom stereocenters. The maximum atomic E-state index is 13.7. The first-order valence-corrected chi connectivity index (χ1v) is 11.3. The molecule has 0 bridgehead atoms. The number of nitrogens with zero attached hydrogens (tertiary/aromatic N) is 1. The van der Waals surface area contributed by atoms with Crippen molar-refractivity contribution in [3.63, 3.8) is 0 Å². The van der Waals surface area contributed by atoms with Crippen LogP contribution in [0.3, 0.4) is 0 Å². The van der Waals surface area contributed by atoms with Crippen molar-refractivity contribution < 1.29 is 23.1 Å². The van der Waals surface area contributed by atoms with Crippen molar-refractivity contribution in [2.24, 2.45) is 4.99 Å². The quantitative estimate of drug-likeness (QED) is 0.202. The number of hydrogen-bond acceptors (Lipinski definition) is 4. The lowest BCUT2D eigenvalue weighted by atomic mass is 9.94. The van der Waals surface area contributed by atoms with Crippen LogP contribution in [0.25, 0.3) is 23.3 Å². The van der Waals surface area contributed by atoms with E-state index in [-0.39, 0.29) is 12.1 Å². The molecular weight excluding hydrogens is 467 g/mol. The van der Waals surface area contributed by atoms with Crippen LogP contribution in [0, 0.1) is 6.92 Å². The fourth-order valence-electron chi connectivity index (χ4n) is 3.80. The van der Waals surface area contributed by atoms with Gasteiger partial charge in [-0.3, -0.25) is 9.79 Å². The number of carbonyl (C=O) groups is 1. The Bertz CT molecular complexity index is 1310. The first kappa shape index (κ1) is 26.7. The van der Waals surface area contributed by atoms with E-state index in [1.54, 1.807) is 19.3 Å². The molecule has 3 rings (SSSR count). The van der Waals surface area contributed by atoms with E-state index >= 15 is 0 Å². The van der Waals surface area contributed by atoms with Crippen LogP contribution in [0.5, 0.6) is 0 Å². The molecule has 1 unspecified atom stereocenters. The number of aliphatic imine (C=N–C) groups is 1. The Balaban J connectivity index is 1.96. The fraction of sp³-hybridized carbons (Fsp3) is 0.214. The predicted molar refractivity (Wildman–Crippen MR) is 139 cm³/mol. The van der Waals surface area contributed by atoms with Gasteiger partial charge in [0.1, 0.15) is 6.04 Å². The van der Waals surface area contributed by atoms with Gasteiger partial charge < -0.3 is 16.2 Å². The van der Waals surface area contributed by atoms with E-state index in [4.69, 9.17) is 10.8 Å². The fourth-order valence-corrected chi connectivity index (χ4v) is 3.80. The summed E-state index contributed by atoms with van der Waals surface area (Å²) in [5, 5.41) is 11.8. The Hall–Kier alpha value is -3.91. The van der Waals surface area contributed by atoms with Gasteiger partial charge in [-0.1, -0.05) is 48.6 Å². The second kappa shape index (κ2) is 11.2. The largest absolute Gasteiger partial charge is 0.480 e. The highest BCUT2D eigenvalue weighted by Gasteiger charge is 2.32. The van der Waals surface area contributed by atoms with Crippen molar-refractivity contribution in [2.75, 3.05) is 12.8 Å². The van der Waals surface area contributed by atoms with Crippen molar-refractivity contribution in [3.8, 4) is 11.1 Å². The van der Waals surface area contributed by atoms with Gasteiger partial charge in [-0.25, -0.2) is 0 Å². The molecular formula is C28H28F3N3O2. The molecule has 0 heterocycles. The number of carboxylic acids is 1. The molecule has 4 N–H and O–H groups in total. The monoisotopic (exact) mass is 495 g/mol. The number of hydrogen-bond donors (Lipinski definition) is 3. The Morgan fingerprint density at radius 3 is 2.44 bits per heavy atom. The van der Waals surface area contributed by atoms with Gasteiger partial charge in [0.2, 0.25) is 0 Å². The third kappa shape index (κ3) is 6.40. The number of nitrogens with one attached hydrogen (secondary N) is 1. The number of nitrogen functional groups attached to an aromatic ring is 1. The van der Waals surface area contributed by atoms with Gasteiger partial charge in [0.15, 0.2) is 0 Å². The molecule has 188 valence electrons. The first-order valence-electron chi connectivity index (χ1n) is 11.3. The molecule has 36 heavy (non-hydrogen) atoms. The number of rotatable bonds is 8. The van der Waals surface area contributed by atoms with E-state index in [0.29, 0.717) is 11.3 Å². The molecule has 0 saturated heterocycles. The molecule has 0 radical (unpaired) electrons. The lowest BCUT2D eigenvalue weighted by Crippen LogP contribution is -2.33. The van der Waals surface area contributed by atoms with Gasteiger partial charge in [0.05, 0.1) is 5.56 Å². The van der Waals surface area contributed by atoms with Crippen LogP contribution in [-0.2, 0) is 17.5 Å². The van der Waals surface area contributed by atoms with Crippen LogP contribution in [0.4, 0.5) is 18.9 Å². The number of halogens is 3. The lowest BCUT2D eigenvalue weighted by molar-refractivity contribution is -0.139. The topological polar surface area (TPSA) is 87.7 Å².